The number of nitrogens with zero attached hydrogens (tertiary/aromatic N) is 8. The van der Waals surface area contributed by atoms with Gasteiger partial charge in [0.1, 0.15) is 0 Å². The van der Waals surface area contributed by atoms with Crippen LogP contribution in [-0.2, 0) is 5.41 Å². The Bertz CT molecular complexity index is 4190. The van der Waals surface area contributed by atoms with Gasteiger partial charge in [0.25, 0.3) is 0 Å². The molecule has 0 aliphatic heterocycles. The number of benzene rings is 9. The summed E-state index contributed by atoms with van der Waals surface area (Å²) in [6, 6.07) is 76.1. The summed E-state index contributed by atoms with van der Waals surface area (Å²) in [6.45, 7) is 4.61. The maximum absolute atomic E-state index is 5.31. The van der Waals surface area contributed by atoms with Gasteiger partial charge in [-0.2, -0.15) is 9.97 Å². The molecular weight excluding hydrogens is 869 g/mol. The molecule has 4 heterocycles. The lowest BCUT2D eigenvalue weighted by Crippen LogP contribution is -2.14. The third-order valence-corrected chi connectivity index (χ3v) is 14.2. The molecule has 0 radical (unpaired) electrons. The number of para-hydroxylation sites is 2. The summed E-state index contributed by atoms with van der Waals surface area (Å²) in [5, 5.41) is 4.43. The van der Waals surface area contributed by atoms with Crippen molar-refractivity contribution in [1.82, 2.24) is 39.0 Å². The lowest BCUT2D eigenvalue weighted by atomic mass is 9.82. The van der Waals surface area contributed by atoms with Crippen molar-refractivity contribution in [2.45, 2.75) is 19.3 Å². The Morgan fingerprint density at radius 1 is 0.310 bits per heavy atom. The van der Waals surface area contributed by atoms with Crippen LogP contribution in [0.25, 0.3) is 123 Å². The predicted octanol–water partition coefficient (Wildman–Crippen LogP) is 14.9. The standard InChI is InChI=1S/C63H42N8/c1-63(2)51-30-15-12-27-45(51)50-38-43(33-36-52(50)63)61-65-57(39-19-6-3-7-20-39)64-60(67-61)42-25-18-26-44(37-42)70-53-31-16-13-28-46(53)48-34-35-49-47-29-14-17-32-54(47)71(56(49)55(48)70)62-68-58(40-21-8-4-9-22-40)66-59(69-62)41-23-10-5-11-24-41/h3-38H,1-2H3. The third-order valence-electron chi connectivity index (χ3n) is 14.2. The first-order valence-electron chi connectivity index (χ1n) is 24.0. The van der Waals surface area contributed by atoms with Crippen LogP contribution in [0.15, 0.2) is 218 Å². The Morgan fingerprint density at radius 3 is 1.34 bits per heavy atom. The molecule has 334 valence electrons. The molecular formula is C63H42N8. The van der Waals surface area contributed by atoms with Gasteiger partial charge in [0.2, 0.25) is 5.95 Å². The van der Waals surface area contributed by atoms with Crippen LogP contribution in [0.4, 0.5) is 0 Å². The van der Waals surface area contributed by atoms with Gasteiger partial charge in [0.15, 0.2) is 29.1 Å². The average molecular weight is 911 g/mol. The molecule has 14 rings (SSSR count). The first-order chi connectivity index (χ1) is 35.0. The molecule has 4 aromatic heterocycles. The van der Waals surface area contributed by atoms with Crippen molar-refractivity contribution in [2.24, 2.45) is 0 Å². The van der Waals surface area contributed by atoms with E-state index >= 15 is 0 Å². The first kappa shape index (κ1) is 40.6. The van der Waals surface area contributed by atoms with Crippen LogP contribution in [0.3, 0.4) is 0 Å². The van der Waals surface area contributed by atoms with Gasteiger partial charge in [-0.3, -0.25) is 4.57 Å². The topological polar surface area (TPSA) is 87.2 Å². The summed E-state index contributed by atoms with van der Waals surface area (Å²) in [5.41, 5.74) is 14.6. The number of hydrogen-bond donors (Lipinski definition) is 0. The Balaban J connectivity index is 1.01. The van der Waals surface area contributed by atoms with Gasteiger partial charge in [0, 0.05) is 60.5 Å². The zero-order chi connectivity index (χ0) is 47.2. The fourth-order valence-corrected chi connectivity index (χ4v) is 10.9. The first-order valence-corrected chi connectivity index (χ1v) is 24.0. The minimum atomic E-state index is -0.112. The van der Waals surface area contributed by atoms with E-state index in [4.69, 9.17) is 29.9 Å². The van der Waals surface area contributed by atoms with E-state index in [0.717, 1.165) is 77.1 Å². The van der Waals surface area contributed by atoms with Crippen LogP contribution in [-0.4, -0.2) is 39.0 Å². The van der Waals surface area contributed by atoms with Gasteiger partial charge >= 0.3 is 0 Å². The van der Waals surface area contributed by atoms with Crippen LogP contribution in [0.1, 0.15) is 25.0 Å². The van der Waals surface area contributed by atoms with Crippen LogP contribution < -0.4 is 0 Å². The van der Waals surface area contributed by atoms with Crippen molar-refractivity contribution >= 4 is 43.6 Å². The minimum absolute atomic E-state index is 0.112. The summed E-state index contributed by atoms with van der Waals surface area (Å²) in [7, 11) is 0. The van der Waals surface area contributed by atoms with Crippen LogP contribution in [0.2, 0.25) is 0 Å². The van der Waals surface area contributed by atoms with E-state index in [-0.39, 0.29) is 5.41 Å². The van der Waals surface area contributed by atoms with E-state index in [0.29, 0.717) is 35.1 Å². The van der Waals surface area contributed by atoms with Gasteiger partial charge < -0.3 is 4.57 Å². The molecule has 1 aliphatic rings. The van der Waals surface area contributed by atoms with Gasteiger partial charge in [0.05, 0.1) is 22.1 Å². The summed E-state index contributed by atoms with van der Waals surface area (Å²) < 4.78 is 4.61. The van der Waals surface area contributed by atoms with E-state index in [1.165, 1.54) is 22.3 Å². The molecule has 0 atom stereocenters. The average Bonchev–Trinajstić information content (AvgIpc) is 4.04. The molecule has 8 heteroatoms. The SMILES string of the molecule is CC1(C)c2ccccc2-c2cc(-c3nc(-c4ccccc4)nc(-c4cccc(-n5c6ccccc6c6ccc7c8ccccc8n(-c8nc(-c9ccccc9)nc(-c9ccccc9)n8)c7c65)c4)n3)ccc21. The Labute approximate surface area is 409 Å². The maximum Gasteiger partial charge on any atom is 0.238 e. The Morgan fingerprint density at radius 2 is 0.746 bits per heavy atom. The highest BCUT2D eigenvalue weighted by molar-refractivity contribution is 6.23. The van der Waals surface area contributed by atoms with E-state index in [1.54, 1.807) is 0 Å². The number of hydrogen-bond acceptors (Lipinski definition) is 6. The largest absolute Gasteiger partial charge is 0.307 e. The maximum atomic E-state index is 5.31. The molecule has 8 nitrogen and oxygen atoms in total. The number of fused-ring (bicyclic) bond motifs is 10. The van der Waals surface area contributed by atoms with Crippen LogP contribution in [0.5, 0.6) is 0 Å². The quantitative estimate of drug-likeness (QED) is 0.158. The zero-order valence-corrected chi connectivity index (χ0v) is 38.9. The molecule has 0 bridgehead atoms. The molecule has 0 spiro atoms. The third kappa shape index (κ3) is 6.45. The molecule has 0 saturated heterocycles. The highest BCUT2D eigenvalue weighted by atomic mass is 15.2. The second kappa shape index (κ2) is 15.8. The highest BCUT2D eigenvalue weighted by Crippen LogP contribution is 2.49. The van der Waals surface area contributed by atoms with E-state index in [2.05, 4.69) is 163 Å². The fraction of sp³-hybridized carbons (Fsp3) is 0.0476. The van der Waals surface area contributed by atoms with Crippen LogP contribution in [0, 0.1) is 0 Å². The summed E-state index contributed by atoms with van der Waals surface area (Å²) in [5.74, 6) is 3.55. The molecule has 0 saturated carbocycles. The molecule has 0 fully saturated rings. The molecule has 71 heavy (non-hydrogen) atoms. The van der Waals surface area contributed by atoms with Crippen molar-refractivity contribution < 1.29 is 0 Å². The minimum Gasteiger partial charge on any atom is -0.307 e. The number of aromatic nitrogens is 8. The smallest absolute Gasteiger partial charge is 0.238 e. The van der Waals surface area contributed by atoms with Crippen molar-refractivity contribution in [3.63, 3.8) is 0 Å². The van der Waals surface area contributed by atoms with Gasteiger partial charge in [-0.05, 0) is 52.6 Å². The normalized spacial score (nSPS) is 12.8. The zero-order valence-electron chi connectivity index (χ0n) is 38.9. The molecule has 1 aliphatic carbocycles. The monoisotopic (exact) mass is 910 g/mol. The molecule has 0 unspecified atom stereocenters. The fourth-order valence-electron chi connectivity index (χ4n) is 10.9. The Hall–Kier alpha value is -9.40. The van der Waals surface area contributed by atoms with E-state index < -0.39 is 0 Å². The summed E-state index contributed by atoms with van der Waals surface area (Å²) >= 11 is 0. The Kier molecular flexibility index (Phi) is 9.06. The summed E-state index contributed by atoms with van der Waals surface area (Å²) in [6.07, 6.45) is 0. The van der Waals surface area contributed by atoms with Crippen molar-refractivity contribution in [1.29, 1.82) is 0 Å². The van der Waals surface area contributed by atoms with Gasteiger partial charge in [-0.25, -0.2) is 19.9 Å². The lowest BCUT2D eigenvalue weighted by Gasteiger charge is -2.21. The second-order valence-electron chi connectivity index (χ2n) is 18.7. The molecule has 0 N–H and O–H groups in total. The molecule has 0 amide bonds. The van der Waals surface area contributed by atoms with Crippen molar-refractivity contribution in [3.8, 4) is 79.7 Å². The van der Waals surface area contributed by atoms with Gasteiger partial charge in [-0.1, -0.05) is 202 Å². The van der Waals surface area contributed by atoms with Crippen molar-refractivity contribution in [3.05, 3.63) is 230 Å². The second-order valence-corrected chi connectivity index (χ2v) is 18.7. The number of rotatable bonds is 7. The predicted molar refractivity (Wildman–Crippen MR) is 287 cm³/mol. The molecule has 13 aromatic rings. The molecule has 9 aromatic carbocycles. The van der Waals surface area contributed by atoms with E-state index in [9.17, 15) is 0 Å². The van der Waals surface area contributed by atoms with Gasteiger partial charge in [-0.15, -0.1) is 0 Å². The van der Waals surface area contributed by atoms with E-state index in [1.807, 2.05) is 78.9 Å². The van der Waals surface area contributed by atoms with Crippen molar-refractivity contribution in [2.75, 3.05) is 0 Å². The van der Waals surface area contributed by atoms with Crippen LogP contribution >= 0.6 is 0 Å². The lowest BCUT2D eigenvalue weighted by molar-refractivity contribution is 0.660. The summed E-state index contributed by atoms with van der Waals surface area (Å²) in [4.78, 5) is 31.4. The highest BCUT2D eigenvalue weighted by Gasteiger charge is 2.35.